The van der Waals surface area contributed by atoms with E-state index in [2.05, 4.69) is 5.32 Å². The van der Waals surface area contributed by atoms with Crippen molar-refractivity contribution >= 4 is 12.0 Å². The van der Waals surface area contributed by atoms with E-state index in [-0.39, 0.29) is 19.0 Å². The third-order valence-electron chi connectivity index (χ3n) is 3.60. The fourth-order valence-electron chi connectivity index (χ4n) is 2.45. The van der Waals surface area contributed by atoms with Gasteiger partial charge in [0.2, 0.25) is 0 Å². The summed E-state index contributed by atoms with van der Waals surface area (Å²) in [5.41, 5.74) is 0. The van der Waals surface area contributed by atoms with Gasteiger partial charge in [-0.3, -0.25) is 0 Å². The maximum absolute atomic E-state index is 12.1. The fourth-order valence-corrected chi connectivity index (χ4v) is 2.45. The summed E-state index contributed by atoms with van der Waals surface area (Å²) in [7, 11) is 0. The normalized spacial score (nSPS) is 23.0. The van der Waals surface area contributed by atoms with E-state index >= 15 is 0 Å². The maximum Gasteiger partial charge on any atom is 0.326 e. The minimum atomic E-state index is -1.09. The number of furan rings is 1. The molecule has 1 aliphatic rings. The number of aliphatic hydroxyl groups excluding tert-OH is 1. The van der Waals surface area contributed by atoms with Crippen LogP contribution in [0, 0.1) is 0 Å². The van der Waals surface area contributed by atoms with Crippen molar-refractivity contribution in [1.82, 2.24) is 10.2 Å². The number of amides is 2. The van der Waals surface area contributed by atoms with Gasteiger partial charge >= 0.3 is 12.0 Å². The average molecular weight is 296 g/mol. The number of urea groups is 1. The largest absolute Gasteiger partial charge is 0.480 e. The number of hydrogen-bond acceptors (Lipinski definition) is 4. The van der Waals surface area contributed by atoms with Crippen LogP contribution in [0.1, 0.15) is 25.5 Å². The molecule has 0 spiro atoms. The summed E-state index contributed by atoms with van der Waals surface area (Å²) in [6.45, 7) is 1.90. The van der Waals surface area contributed by atoms with Gasteiger partial charge in [0, 0.05) is 25.4 Å². The number of hydrogen-bond donors (Lipinski definition) is 3. The number of rotatable bonds is 5. The monoisotopic (exact) mass is 296 g/mol. The van der Waals surface area contributed by atoms with Crippen molar-refractivity contribution in [3.8, 4) is 0 Å². The van der Waals surface area contributed by atoms with Crippen LogP contribution < -0.4 is 5.32 Å². The molecule has 3 atom stereocenters. The molecule has 0 radical (unpaired) electrons. The SMILES string of the molecule is CC(CCc1ccco1)NC(=O)N1CC(O)C[C@H]1C(=O)O. The van der Waals surface area contributed by atoms with Crippen LogP contribution in [0.25, 0.3) is 0 Å². The predicted octanol–water partition coefficient (Wildman–Crippen LogP) is 0.830. The number of likely N-dealkylation sites (tertiary alicyclic amines) is 1. The molecule has 2 rings (SSSR count). The van der Waals surface area contributed by atoms with E-state index in [4.69, 9.17) is 9.52 Å². The van der Waals surface area contributed by atoms with Gasteiger partial charge in [-0.15, -0.1) is 0 Å². The molecule has 1 fully saturated rings. The second-order valence-electron chi connectivity index (χ2n) is 5.36. The van der Waals surface area contributed by atoms with Gasteiger partial charge in [0.05, 0.1) is 12.4 Å². The second-order valence-corrected chi connectivity index (χ2v) is 5.36. The molecule has 1 aromatic heterocycles. The zero-order valence-electron chi connectivity index (χ0n) is 11.9. The van der Waals surface area contributed by atoms with E-state index in [9.17, 15) is 14.7 Å². The van der Waals surface area contributed by atoms with Crippen LogP contribution in [0.5, 0.6) is 0 Å². The highest BCUT2D eigenvalue weighted by atomic mass is 16.4. The highest BCUT2D eigenvalue weighted by Crippen LogP contribution is 2.18. The first kappa shape index (κ1) is 15.4. The van der Waals surface area contributed by atoms with Crippen LogP contribution in [0.4, 0.5) is 4.79 Å². The summed E-state index contributed by atoms with van der Waals surface area (Å²) < 4.78 is 5.22. The number of carbonyl (C=O) groups excluding carboxylic acids is 1. The van der Waals surface area contributed by atoms with Crippen molar-refractivity contribution in [2.24, 2.45) is 0 Å². The third kappa shape index (κ3) is 3.98. The van der Waals surface area contributed by atoms with Gasteiger partial charge in [-0.25, -0.2) is 9.59 Å². The predicted molar refractivity (Wildman–Crippen MR) is 73.8 cm³/mol. The van der Waals surface area contributed by atoms with Crippen molar-refractivity contribution in [3.05, 3.63) is 24.2 Å². The van der Waals surface area contributed by atoms with E-state index in [1.807, 2.05) is 19.1 Å². The topological polar surface area (TPSA) is 103 Å². The van der Waals surface area contributed by atoms with Gasteiger partial charge in [-0.05, 0) is 25.5 Å². The molecule has 0 saturated carbocycles. The number of carbonyl (C=O) groups is 2. The van der Waals surface area contributed by atoms with Crippen LogP contribution in [-0.2, 0) is 11.2 Å². The molecule has 2 unspecified atom stereocenters. The lowest BCUT2D eigenvalue weighted by Gasteiger charge is -2.24. The average Bonchev–Trinajstić information content (AvgIpc) is 3.05. The number of β-amino-alcohol motifs (C(OH)–C–C–N with tert-alkyl or cyclic N) is 1. The van der Waals surface area contributed by atoms with Crippen LogP contribution in [0.15, 0.2) is 22.8 Å². The number of aliphatic hydroxyl groups is 1. The zero-order chi connectivity index (χ0) is 15.4. The van der Waals surface area contributed by atoms with Gasteiger partial charge in [0.1, 0.15) is 11.8 Å². The van der Waals surface area contributed by atoms with E-state index in [1.54, 1.807) is 6.26 Å². The Morgan fingerprint density at radius 3 is 2.95 bits per heavy atom. The first-order valence-corrected chi connectivity index (χ1v) is 6.97. The van der Waals surface area contributed by atoms with Crippen LogP contribution in [0.3, 0.4) is 0 Å². The van der Waals surface area contributed by atoms with E-state index in [0.29, 0.717) is 12.8 Å². The molecule has 1 aromatic rings. The van der Waals surface area contributed by atoms with Crippen LogP contribution >= 0.6 is 0 Å². The van der Waals surface area contributed by atoms with Crippen molar-refractivity contribution in [2.45, 2.75) is 44.4 Å². The first-order chi connectivity index (χ1) is 9.97. The molecule has 2 amide bonds. The van der Waals surface area contributed by atoms with Gasteiger partial charge < -0.3 is 24.8 Å². The molecule has 0 bridgehead atoms. The van der Waals surface area contributed by atoms with Crippen molar-refractivity contribution < 1.29 is 24.2 Å². The van der Waals surface area contributed by atoms with E-state index in [1.165, 1.54) is 4.90 Å². The smallest absolute Gasteiger partial charge is 0.326 e. The van der Waals surface area contributed by atoms with Crippen molar-refractivity contribution in [3.63, 3.8) is 0 Å². The van der Waals surface area contributed by atoms with E-state index < -0.39 is 24.1 Å². The Balaban J connectivity index is 1.83. The van der Waals surface area contributed by atoms with Crippen LogP contribution in [0.2, 0.25) is 0 Å². The zero-order valence-corrected chi connectivity index (χ0v) is 11.9. The minimum Gasteiger partial charge on any atom is -0.480 e. The molecule has 1 saturated heterocycles. The Bertz CT molecular complexity index is 488. The number of nitrogens with one attached hydrogen (secondary N) is 1. The molecule has 116 valence electrons. The summed E-state index contributed by atoms with van der Waals surface area (Å²) >= 11 is 0. The van der Waals surface area contributed by atoms with Gasteiger partial charge in [0.15, 0.2) is 0 Å². The maximum atomic E-state index is 12.1. The molecule has 0 aliphatic carbocycles. The lowest BCUT2D eigenvalue weighted by molar-refractivity contribution is -0.141. The van der Waals surface area contributed by atoms with Gasteiger partial charge in [-0.2, -0.15) is 0 Å². The second kappa shape index (κ2) is 6.62. The molecule has 3 N–H and O–H groups in total. The number of carboxylic acid groups (broad SMARTS) is 1. The Hall–Kier alpha value is -2.02. The Morgan fingerprint density at radius 2 is 2.33 bits per heavy atom. The summed E-state index contributed by atoms with van der Waals surface area (Å²) in [4.78, 5) is 24.4. The highest BCUT2D eigenvalue weighted by Gasteiger charge is 2.39. The number of carboxylic acids is 1. The Labute approximate surface area is 122 Å². The lowest BCUT2D eigenvalue weighted by atomic mass is 10.1. The van der Waals surface area contributed by atoms with Crippen molar-refractivity contribution in [2.75, 3.05) is 6.54 Å². The van der Waals surface area contributed by atoms with Gasteiger partial charge in [-0.1, -0.05) is 0 Å². The molecular formula is C14H20N2O5. The molecule has 0 aromatic carbocycles. The summed E-state index contributed by atoms with van der Waals surface area (Å²) in [6, 6.07) is 2.14. The quantitative estimate of drug-likeness (QED) is 0.747. The molecular weight excluding hydrogens is 276 g/mol. The van der Waals surface area contributed by atoms with Crippen molar-refractivity contribution in [1.29, 1.82) is 0 Å². The highest BCUT2D eigenvalue weighted by molar-refractivity contribution is 5.83. The lowest BCUT2D eigenvalue weighted by Crippen LogP contribution is -2.48. The first-order valence-electron chi connectivity index (χ1n) is 6.97. The molecule has 7 heteroatoms. The van der Waals surface area contributed by atoms with Gasteiger partial charge in [0.25, 0.3) is 0 Å². The fraction of sp³-hybridized carbons (Fsp3) is 0.571. The summed E-state index contributed by atoms with van der Waals surface area (Å²) in [6.07, 6.45) is 2.27. The standard InChI is InChI=1S/C14H20N2O5/c1-9(4-5-11-3-2-6-21-11)15-14(20)16-8-10(17)7-12(16)13(18)19/h2-3,6,9-10,12,17H,4-5,7-8H2,1H3,(H,15,20)(H,18,19)/t9?,10?,12-/m0/s1. The number of aryl methyl sites for hydroxylation is 1. The van der Waals surface area contributed by atoms with E-state index in [0.717, 1.165) is 5.76 Å². The Morgan fingerprint density at radius 1 is 1.57 bits per heavy atom. The van der Waals surface area contributed by atoms with Crippen LogP contribution in [-0.4, -0.2) is 51.8 Å². The minimum absolute atomic E-state index is 0.0493. The summed E-state index contributed by atoms with van der Waals surface area (Å²) in [5.74, 6) is -0.249. The molecule has 21 heavy (non-hydrogen) atoms. The molecule has 1 aliphatic heterocycles. The third-order valence-corrected chi connectivity index (χ3v) is 3.60. The summed E-state index contributed by atoms with van der Waals surface area (Å²) in [5, 5.41) is 21.4. The molecule has 2 heterocycles. The Kier molecular flexibility index (Phi) is 4.85. The number of aliphatic carboxylic acids is 1. The number of nitrogens with zero attached hydrogens (tertiary/aromatic N) is 1. The molecule has 7 nitrogen and oxygen atoms in total.